The summed E-state index contributed by atoms with van der Waals surface area (Å²) in [4.78, 5) is 35.6. The molecular weight excluding hydrogens is 324 g/mol. The predicted octanol–water partition coefficient (Wildman–Crippen LogP) is 2.10. The molecule has 136 valence electrons. The highest BCUT2D eigenvalue weighted by Crippen LogP contribution is 2.29. The highest BCUT2D eigenvalue weighted by atomic mass is 16.6. The fourth-order valence-electron chi connectivity index (χ4n) is 2.73. The molecule has 0 aromatic heterocycles. The topological polar surface area (TPSA) is 93.7 Å². The second-order valence-corrected chi connectivity index (χ2v) is 7.03. The van der Waals surface area contributed by atoms with Crippen LogP contribution in [-0.2, 0) is 31.9 Å². The van der Waals surface area contributed by atoms with Gasteiger partial charge in [-0.3, -0.25) is 4.79 Å². The van der Waals surface area contributed by atoms with Crippen molar-refractivity contribution >= 4 is 23.7 Å². The van der Waals surface area contributed by atoms with Crippen LogP contribution in [0.3, 0.4) is 0 Å². The van der Waals surface area contributed by atoms with Crippen LogP contribution >= 0.6 is 0 Å². The molecule has 1 aromatic carbocycles. The Morgan fingerprint density at radius 1 is 1.32 bits per heavy atom. The van der Waals surface area contributed by atoms with E-state index in [0.29, 0.717) is 6.42 Å². The van der Waals surface area contributed by atoms with Crippen molar-refractivity contribution in [2.24, 2.45) is 0 Å². The van der Waals surface area contributed by atoms with E-state index in [4.69, 9.17) is 9.47 Å². The molecule has 2 amide bonds. The number of amides is 2. The summed E-state index contributed by atoms with van der Waals surface area (Å²) in [6, 6.07) is 2.78. The molecule has 0 saturated carbocycles. The highest BCUT2D eigenvalue weighted by Gasteiger charge is 2.27. The summed E-state index contributed by atoms with van der Waals surface area (Å²) in [5.74, 6) is -0.605. The molecule has 0 bridgehead atoms. The number of ether oxygens (including phenoxy) is 2. The van der Waals surface area contributed by atoms with Gasteiger partial charge in [-0.05, 0) is 50.5 Å². The van der Waals surface area contributed by atoms with E-state index < -0.39 is 23.7 Å². The van der Waals surface area contributed by atoms with Gasteiger partial charge in [0.05, 0.1) is 13.5 Å². The summed E-state index contributed by atoms with van der Waals surface area (Å²) >= 11 is 0. The minimum atomic E-state index is -0.873. The number of hydrogen-bond donors (Lipinski definition) is 2. The predicted molar refractivity (Wildman–Crippen MR) is 92.4 cm³/mol. The van der Waals surface area contributed by atoms with Crippen LogP contribution in [0.5, 0.6) is 0 Å². The van der Waals surface area contributed by atoms with Gasteiger partial charge in [-0.25, -0.2) is 9.59 Å². The average molecular weight is 348 g/mol. The molecule has 0 aliphatic carbocycles. The Bertz CT molecular complexity index is 706. The number of methoxy groups -OCH3 is 1. The smallest absolute Gasteiger partial charge is 0.408 e. The lowest BCUT2D eigenvalue weighted by Crippen LogP contribution is -2.45. The van der Waals surface area contributed by atoms with Crippen molar-refractivity contribution < 1.29 is 23.9 Å². The fourth-order valence-corrected chi connectivity index (χ4v) is 2.73. The van der Waals surface area contributed by atoms with E-state index in [0.717, 1.165) is 22.4 Å². The van der Waals surface area contributed by atoms with Crippen LogP contribution in [0.4, 0.5) is 10.5 Å². The summed E-state index contributed by atoms with van der Waals surface area (Å²) in [6.07, 6.45) is -0.116. The first kappa shape index (κ1) is 18.8. The molecule has 1 atom stereocenters. The largest absolute Gasteiger partial charge is 0.467 e. The molecular formula is C18H24N2O5. The molecule has 2 N–H and O–H groups in total. The second kappa shape index (κ2) is 7.13. The zero-order valence-corrected chi connectivity index (χ0v) is 15.2. The maximum atomic E-state index is 12.1. The number of alkyl carbamates (subject to hydrolysis) is 1. The van der Waals surface area contributed by atoms with E-state index in [1.54, 1.807) is 20.8 Å². The van der Waals surface area contributed by atoms with Gasteiger partial charge >= 0.3 is 12.1 Å². The molecule has 1 aromatic rings. The van der Waals surface area contributed by atoms with Crippen LogP contribution < -0.4 is 10.6 Å². The number of fused-ring (bicyclic) bond motifs is 1. The van der Waals surface area contributed by atoms with Crippen molar-refractivity contribution in [1.82, 2.24) is 5.32 Å². The number of carbonyl (C=O) groups is 3. The summed E-state index contributed by atoms with van der Waals surface area (Å²) in [5, 5.41) is 5.35. The summed E-state index contributed by atoms with van der Waals surface area (Å²) in [5.41, 5.74) is 2.84. The molecule has 0 saturated heterocycles. The number of carbonyl (C=O) groups excluding carboxylic acids is 3. The first-order valence-electron chi connectivity index (χ1n) is 8.09. The maximum absolute atomic E-state index is 12.1. The Labute approximate surface area is 147 Å². The first-order valence-corrected chi connectivity index (χ1v) is 8.09. The number of rotatable bonds is 4. The van der Waals surface area contributed by atoms with Crippen LogP contribution in [-0.4, -0.2) is 36.7 Å². The Morgan fingerprint density at radius 3 is 2.60 bits per heavy atom. The van der Waals surface area contributed by atoms with E-state index in [-0.39, 0.29) is 12.3 Å². The lowest BCUT2D eigenvalue weighted by atomic mass is 9.95. The third-order valence-corrected chi connectivity index (χ3v) is 3.92. The van der Waals surface area contributed by atoms with Gasteiger partial charge in [-0.1, -0.05) is 6.07 Å². The standard InChI is InChI=1S/C18H24N2O5/c1-10-11(6-7-13-12(10)9-15(21)19-13)8-14(16(22)24-5)20-17(23)25-18(2,3)4/h6-7,14H,8-9H2,1-5H3,(H,19,21)(H,20,23)/t14-/m0/s1. The Hall–Kier alpha value is -2.57. The molecule has 1 heterocycles. The van der Waals surface area contributed by atoms with Crippen LogP contribution in [0, 0.1) is 6.92 Å². The quantitative estimate of drug-likeness (QED) is 0.813. The molecule has 1 aliphatic heterocycles. The number of esters is 1. The van der Waals surface area contributed by atoms with Crippen molar-refractivity contribution in [3.63, 3.8) is 0 Å². The normalized spacial score (nSPS) is 14.4. The van der Waals surface area contributed by atoms with E-state index in [1.807, 2.05) is 19.1 Å². The highest BCUT2D eigenvalue weighted by molar-refractivity contribution is 5.99. The minimum Gasteiger partial charge on any atom is -0.467 e. The van der Waals surface area contributed by atoms with Crippen LogP contribution in [0.2, 0.25) is 0 Å². The van der Waals surface area contributed by atoms with Gasteiger partial charge in [-0.2, -0.15) is 0 Å². The Morgan fingerprint density at radius 2 is 2.00 bits per heavy atom. The lowest BCUT2D eigenvalue weighted by molar-refractivity contribution is -0.143. The maximum Gasteiger partial charge on any atom is 0.408 e. The zero-order valence-electron chi connectivity index (χ0n) is 15.2. The van der Waals surface area contributed by atoms with Crippen LogP contribution in [0.1, 0.15) is 37.5 Å². The van der Waals surface area contributed by atoms with Gasteiger partial charge in [-0.15, -0.1) is 0 Å². The monoisotopic (exact) mass is 348 g/mol. The Balaban J connectivity index is 2.18. The third-order valence-electron chi connectivity index (χ3n) is 3.92. The molecule has 0 radical (unpaired) electrons. The second-order valence-electron chi connectivity index (χ2n) is 7.03. The van der Waals surface area contributed by atoms with Gasteiger partial charge in [0, 0.05) is 12.1 Å². The minimum absolute atomic E-state index is 0.0494. The molecule has 25 heavy (non-hydrogen) atoms. The lowest BCUT2D eigenvalue weighted by Gasteiger charge is -2.23. The molecule has 0 spiro atoms. The van der Waals surface area contributed by atoms with Gasteiger partial charge in [0.15, 0.2) is 0 Å². The van der Waals surface area contributed by atoms with E-state index >= 15 is 0 Å². The van der Waals surface area contributed by atoms with Crippen molar-refractivity contribution in [3.05, 3.63) is 28.8 Å². The molecule has 7 nitrogen and oxygen atoms in total. The van der Waals surface area contributed by atoms with Gasteiger partial charge in [0.25, 0.3) is 0 Å². The summed E-state index contributed by atoms with van der Waals surface area (Å²) in [6.45, 7) is 7.13. The van der Waals surface area contributed by atoms with Crippen LogP contribution in [0.25, 0.3) is 0 Å². The van der Waals surface area contributed by atoms with Gasteiger partial charge in [0.2, 0.25) is 5.91 Å². The molecule has 2 rings (SSSR count). The van der Waals surface area contributed by atoms with E-state index in [1.165, 1.54) is 7.11 Å². The van der Waals surface area contributed by atoms with Gasteiger partial charge < -0.3 is 20.1 Å². The third kappa shape index (κ3) is 4.71. The van der Waals surface area contributed by atoms with Crippen molar-refractivity contribution in [2.45, 2.75) is 52.2 Å². The molecule has 0 fully saturated rings. The van der Waals surface area contributed by atoms with Crippen molar-refractivity contribution in [1.29, 1.82) is 0 Å². The molecule has 1 aliphatic rings. The Kier molecular flexibility index (Phi) is 5.35. The zero-order chi connectivity index (χ0) is 18.8. The fraction of sp³-hybridized carbons (Fsp3) is 0.500. The first-order chi connectivity index (χ1) is 11.6. The number of benzene rings is 1. The molecule has 7 heteroatoms. The summed E-state index contributed by atoms with van der Waals surface area (Å²) in [7, 11) is 1.27. The van der Waals surface area contributed by atoms with Crippen LogP contribution in [0.15, 0.2) is 12.1 Å². The van der Waals surface area contributed by atoms with Crippen molar-refractivity contribution in [2.75, 3.05) is 12.4 Å². The summed E-state index contributed by atoms with van der Waals surface area (Å²) < 4.78 is 10.00. The number of hydrogen-bond acceptors (Lipinski definition) is 5. The van der Waals surface area contributed by atoms with Gasteiger partial charge in [0.1, 0.15) is 11.6 Å². The average Bonchev–Trinajstić information content (AvgIpc) is 2.88. The SMILES string of the molecule is COC(=O)[C@H](Cc1ccc2c(c1C)CC(=O)N2)NC(=O)OC(C)(C)C. The number of nitrogens with one attached hydrogen (secondary N) is 2. The molecule has 0 unspecified atom stereocenters. The van der Waals surface area contributed by atoms with Crippen molar-refractivity contribution in [3.8, 4) is 0 Å². The van der Waals surface area contributed by atoms with E-state index in [2.05, 4.69) is 10.6 Å². The van der Waals surface area contributed by atoms with E-state index in [9.17, 15) is 14.4 Å². The number of anilines is 1.